The molecule has 0 saturated carbocycles. The summed E-state index contributed by atoms with van der Waals surface area (Å²) in [5.41, 5.74) is 7.06. The van der Waals surface area contributed by atoms with E-state index in [0.717, 1.165) is 52.7 Å². The predicted molar refractivity (Wildman–Crippen MR) is 125 cm³/mol. The third-order valence-corrected chi connectivity index (χ3v) is 5.82. The molecular formula is C26H30N2O3. The lowest BCUT2D eigenvalue weighted by Crippen LogP contribution is -2.28. The number of aliphatic carboxylic acids is 1. The van der Waals surface area contributed by atoms with E-state index in [9.17, 15) is 9.90 Å². The molecule has 0 saturated heterocycles. The molecule has 2 aromatic carbocycles. The quantitative estimate of drug-likeness (QED) is 0.559. The Balaban J connectivity index is 2.06. The summed E-state index contributed by atoms with van der Waals surface area (Å²) in [4.78, 5) is 17.2. The van der Waals surface area contributed by atoms with Gasteiger partial charge in [0, 0.05) is 28.9 Å². The molecule has 1 aromatic heterocycles. The van der Waals surface area contributed by atoms with E-state index in [0.29, 0.717) is 11.3 Å². The van der Waals surface area contributed by atoms with Crippen LogP contribution >= 0.6 is 0 Å². The maximum absolute atomic E-state index is 12.4. The molecule has 0 radical (unpaired) electrons. The van der Waals surface area contributed by atoms with Crippen LogP contribution in [-0.4, -0.2) is 28.2 Å². The monoisotopic (exact) mass is 418 g/mol. The average Bonchev–Trinajstić information content (AvgIpc) is 2.71. The van der Waals surface area contributed by atoms with E-state index in [2.05, 4.69) is 24.4 Å². The van der Waals surface area contributed by atoms with Gasteiger partial charge in [0.15, 0.2) is 6.10 Å². The van der Waals surface area contributed by atoms with Gasteiger partial charge in [0.2, 0.25) is 0 Å². The first-order valence-corrected chi connectivity index (χ1v) is 10.8. The van der Waals surface area contributed by atoms with Crippen LogP contribution in [0.4, 0.5) is 5.69 Å². The standard InChI is InChI=1S/C26H30N2O3/c1-15-18(13-12-17-9-8-14-27-23(15)17)22-19-10-6-7-11-20(19)28-16(2)21(22)24(25(29)30)31-26(3,4)5/h6-7,10-13,24,27H,8-9,14H2,1-5H3,(H,29,30)/t24-/m0/s1. The van der Waals surface area contributed by atoms with Gasteiger partial charge in [0.25, 0.3) is 0 Å². The fourth-order valence-electron chi connectivity index (χ4n) is 4.53. The van der Waals surface area contributed by atoms with E-state index in [1.165, 1.54) is 5.56 Å². The number of ether oxygens (including phenoxy) is 1. The van der Waals surface area contributed by atoms with Crippen molar-refractivity contribution in [3.05, 3.63) is 58.8 Å². The zero-order valence-corrected chi connectivity index (χ0v) is 18.9. The van der Waals surface area contributed by atoms with Crippen molar-refractivity contribution in [1.82, 2.24) is 4.98 Å². The van der Waals surface area contributed by atoms with Crippen LogP contribution < -0.4 is 5.32 Å². The van der Waals surface area contributed by atoms with Crippen LogP contribution in [-0.2, 0) is 16.0 Å². The lowest BCUT2D eigenvalue weighted by molar-refractivity contribution is -0.160. The third kappa shape index (κ3) is 4.02. The highest BCUT2D eigenvalue weighted by Gasteiger charge is 2.32. The van der Waals surface area contributed by atoms with Crippen molar-refractivity contribution >= 4 is 22.6 Å². The molecule has 4 rings (SSSR count). The van der Waals surface area contributed by atoms with E-state index in [-0.39, 0.29) is 0 Å². The number of hydrogen-bond donors (Lipinski definition) is 2. The number of anilines is 1. The Morgan fingerprint density at radius 1 is 1.16 bits per heavy atom. The highest BCUT2D eigenvalue weighted by molar-refractivity contribution is 6.00. The predicted octanol–water partition coefficient (Wildman–Crippen LogP) is 5.82. The molecule has 2 heterocycles. The molecule has 0 aliphatic carbocycles. The van der Waals surface area contributed by atoms with Crippen LogP contribution in [0, 0.1) is 13.8 Å². The van der Waals surface area contributed by atoms with Gasteiger partial charge in [-0.1, -0.05) is 30.3 Å². The Hall–Kier alpha value is -2.92. The van der Waals surface area contributed by atoms with Crippen LogP contribution in [0.1, 0.15) is 55.7 Å². The molecule has 1 atom stereocenters. The van der Waals surface area contributed by atoms with Gasteiger partial charge in [-0.3, -0.25) is 4.98 Å². The Morgan fingerprint density at radius 2 is 1.90 bits per heavy atom. The average molecular weight is 419 g/mol. The van der Waals surface area contributed by atoms with Gasteiger partial charge >= 0.3 is 5.97 Å². The number of carboxylic acids is 1. The number of pyridine rings is 1. The number of aromatic nitrogens is 1. The highest BCUT2D eigenvalue weighted by Crippen LogP contribution is 2.43. The van der Waals surface area contributed by atoms with Crippen LogP contribution in [0.5, 0.6) is 0 Å². The smallest absolute Gasteiger partial charge is 0.337 e. The number of aryl methyl sites for hydroxylation is 2. The largest absolute Gasteiger partial charge is 0.479 e. The van der Waals surface area contributed by atoms with Crippen LogP contribution in [0.25, 0.3) is 22.0 Å². The van der Waals surface area contributed by atoms with Crippen molar-refractivity contribution in [2.45, 2.75) is 59.2 Å². The topological polar surface area (TPSA) is 71.5 Å². The number of hydrogen-bond acceptors (Lipinski definition) is 4. The van der Waals surface area contributed by atoms with Gasteiger partial charge in [-0.15, -0.1) is 0 Å². The summed E-state index contributed by atoms with van der Waals surface area (Å²) in [6, 6.07) is 12.2. The number of rotatable bonds is 4. The van der Waals surface area contributed by atoms with E-state index in [4.69, 9.17) is 9.72 Å². The minimum atomic E-state index is -1.12. The molecule has 5 heteroatoms. The maximum atomic E-state index is 12.4. The van der Waals surface area contributed by atoms with Gasteiger partial charge in [0.1, 0.15) is 0 Å². The number of nitrogens with zero attached hydrogens (tertiary/aromatic N) is 1. The van der Waals surface area contributed by atoms with Gasteiger partial charge in [0.05, 0.1) is 11.1 Å². The molecule has 0 unspecified atom stereocenters. The Kier molecular flexibility index (Phi) is 5.48. The van der Waals surface area contributed by atoms with Crippen molar-refractivity contribution in [2.24, 2.45) is 0 Å². The minimum absolute atomic E-state index is 0.620. The van der Waals surface area contributed by atoms with E-state index in [1.807, 2.05) is 52.0 Å². The Labute approximate surface area is 183 Å². The van der Waals surface area contributed by atoms with Crippen LogP contribution in [0.2, 0.25) is 0 Å². The summed E-state index contributed by atoms with van der Waals surface area (Å²) in [6.45, 7) is 10.6. The summed E-state index contributed by atoms with van der Waals surface area (Å²) >= 11 is 0. The van der Waals surface area contributed by atoms with Crippen molar-refractivity contribution in [2.75, 3.05) is 11.9 Å². The number of benzene rings is 2. The zero-order valence-electron chi connectivity index (χ0n) is 18.9. The fraction of sp³-hybridized carbons (Fsp3) is 0.385. The van der Waals surface area contributed by atoms with Crippen molar-refractivity contribution in [3.63, 3.8) is 0 Å². The number of para-hydroxylation sites is 1. The molecule has 1 aliphatic heterocycles. The van der Waals surface area contributed by atoms with Crippen molar-refractivity contribution in [3.8, 4) is 11.1 Å². The summed E-state index contributed by atoms with van der Waals surface area (Å²) in [5.74, 6) is -1.01. The second kappa shape index (κ2) is 7.97. The Bertz CT molecular complexity index is 1160. The Morgan fingerprint density at radius 3 is 2.61 bits per heavy atom. The molecule has 0 bridgehead atoms. The lowest BCUT2D eigenvalue weighted by Gasteiger charge is -2.29. The van der Waals surface area contributed by atoms with Crippen molar-refractivity contribution < 1.29 is 14.6 Å². The molecule has 0 spiro atoms. The normalized spacial score (nSPS) is 14.7. The van der Waals surface area contributed by atoms with Gasteiger partial charge in [-0.25, -0.2) is 4.79 Å². The lowest BCUT2D eigenvalue weighted by atomic mass is 9.86. The molecule has 5 nitrogen and oxygen atoms in total. The van der Waals surface area contributed by atoms with E-state index < -0.39 is 17.7 Å². The molecule has 2 N–H and O–H groups in total. The molecule has 3 aromatic rings. The van der Waals surface area contributed by atoms with Gasteiger partial charge in [-0.05, 0) is 75.8 Å². The van der Waals surface area contributed by atoms with Crippen LogP contribution in [0.3, 0.4) is 0 Å². The molecule has 0 fully saturated rings. The van der Waals surface area contributed by atoms with Crippen molar-refractivity contribution in [1.29, 1.82) is 0 Å². The number of carboxylic acid groups (broad SMARTS) is 1. The minimum Gasteiger partial charge on any atom is -0.479 e. The molecule has 31 heavy (non-hydrogen) atoms. The second-order valence-electron chi connectivity index (χ2n) is 9.25. The summed E-state index contributed by atoms with van der Waals surface area (Å²) in [5, 5.41) is 14.6. The van der Waals surface area contributed by atoms with Gasteiger partial charge < -0.3 is 15.2 Å². The molecule has 0 amide bonds. The zero-order chi connectivity index (χ0) is 22.3. The number of fused-ring (bicyclic) bond motifs is 2. The number of carbonyl (C=O) groups is 1. The van der Waals surface area contributed by atoms with E-state index >= 15 is 0 Å². The second-order valence-corrected chi connectivity index (χ2v) is 9.25. The maximum Gasteiger partial charge on any atom is 0.337 e. The molecule has 1 aliphatic rings. The first-order valence-electron chi connectivity index (χ1n) is 10.8. The van der Waals surface area contributed by atoms with Crippen LogP contribution in [0.15, 0.2) is 36.4 Å². The summed E-state index contributed by atoms with van der Waals surface area (Å²) in [7, 11) is 0. The summed E-state index contributed by atoms with van der Waals surface area (Å²) < 4.78 is 6.07. The van der Waals surface area contributed by atoms with Gasteiger partial charge in [-0.2, -0.15) is 0 Å². The fourth-order valence-corrected chi connectivity index (χ4v) is 4.53. The summed E-state index contributed by atoms with van der Waals surface area (Å²) in [6.07, 6.45) is 1.06. The number of nitrogens with one attached hydrogen (secondary N) is 1. The first-order chi connectivity index (χ1) is 14.7. The van der Waals surface area contributed by atoms with E-state index in [1.54, 1.807) is 0 Å². The third-order valence-electron chi connectivity index (χ3n) is 5.82. The molecular weight excluding hydrogens is 388 g/mol. The molecule has 162 valence electrons. The highest BCUT2D eigenvalue weighted by atomic mass is 16.5. The first kappa shape index (κ1) is 21.3. The SMILES string of the molecule is Cc1nc2ccccc2c(-c2ccc3c(c2C)NCCC3)c1[C@H](OC(C)(C)C)C(=O)O.